The van der Waals surface area contributed by atoms with Crippen LogP contribution in [0.15, 0.2) is 103 Å². The van der Waals surface area contributed by atoms with Crippen molar-refractivity contribution in [3.05, 3.63) is 137 Å². The van der Waals surface area contributed by atoms with E-state index in [0.29, 0.717) is 5.92 Å². The molecule has 5 aromatic rings. The van der Waals surface area contributed by atoms with Gasteiger partial charge in [-0.25, -0.2) is 0 Å². The number of rotatable bonds is 5. The van der Waals surface area contributed by atoms with E-state index in [4.69, 9.17) is 0 Å². The molecule has 0 aliphatic heterocycles. The Labute approximate surface area is 315 Å². The van der Waals surface area contributed by atoms with Crippen LogP contribution in [0.5, 0.6) is 0 Å². The number of nitrogens with zero attached hydrogens (tertiary/aromatic N) is 1. The summed E-state index contributed by atoms with van der Waals surface area (Å²) < 4.78 is 0. The summed E-state index contributed by atoms with van der Waals surface area (Å²) >= 11 is 0. The van der Waals surface area contributed by atoms with Crippen molar-refractivity contribution in [1.82, 2.24) is 0 Å². The maximum absolute atomic E-state index is 2.53. The van der Waals surface area contributed by atoms with Crippen LogP contribution in [0.4, 0.5) is 17.1 Å². The molecule has 0 bridgehead atoms. The van der Waals surface area contributed by atoms with Crippen LogP contribution in [0.1, 0.15) is 148 Å². The molecule has 0 N–H and O–H groups in total. The lowest BCUT2D eigenvalue weighted by Crippen LogP contribution is -2.18. The molecule has 5 aromatic carbocycles. The quantitative estimate of drug-likeness (QED) is 0.178. The first-order chi connectivity index (χ1) is 24.4. The third-order valence-electron chi connectivity index (χ3n) is 12.1. The minimum absolute atomic E-state index is 0.0304. The van der Waals surface area contributed by atoms with E-state index in [9.17, 15) is 0 Å². The molecule has 0 radical (unpaired) electrons. The van der Waals surface area contributed by atoms with Crippen molar-refractivity contribution in [2.24, 2.45) is 0 Å². The van der Waals surface area contributed by atoms with Crippen LogP contribution in [0, 0.1) is 0 Å². The van der Waals surface area contributed by atoms with Crippen molar-refractivity contribution in [1.29, 1.82) is 0 Å². The van der Waals surface area contributed by atoms with Crippen LogP contribution < -0.4 is 4.90 Å². The second-order valence-electron chi connectivity index (χ2n) is 19.5. The summed E-state index contributed by atoms with van der Waals surface area (Å²) in [6, 6.07) is 40.5. The van der Waals surface area contributed by atoms with Gasteiger partial charge in [-0.15, -0.1) is 0 Å². The van der Waals surface area contributed by atoms with Crippen molar-refractivity contribution in [2.75, 3.05) is 4.90 Å². The standard InChI is InChI=1S/C51H61N/c1-48(2,3)38-27-36(28-39(31-38)49(4,5)6)37-29-40(50(7,8)9)32-43(30-37)52(41-23-21-35(22-24-41)34-17-13-12-14-18-34)42-25-26-45-44-19-15-16-20-46(44)51(10,11)47(45)33-42/h15-16,19-34H,12-14,17-18H2,1-11H3. The van der Waals surface area contributed by atoms with Gasteiger partial charge in [-0.1, -0.05) is 162 Å². The first kappa shape index (κ1) is 36.3. The molecule has 1 nitrogen and oxygen atoms in total. The third kappa shape index (κ3) is 6.89. The van der Waals surface area contributed by atoms with Gasteiger partial charge in [0.15, 0.2) is 0 Å². The van der Waals surface area contributed by atoms with E-state index in [1.54, 1.807) is 0 Å². The van der Waals surface area contributed by atoms with Crippen LogP contribution in [-0.4, -0.2) is 0 Å². The predicted molar refractivity (Wildman–Crippen MR) is 226 cm³/mol. The van der Waals surface area contributed by atoms with Crippen LogP contribution >= 0.6 is 0 Å². The lowest BCUT2D eigenvalue weighted by Gasteiger charge is -2.31. The number of hydrogen-bond acceptors (Lipinski definition) is 1. The molecule has 7 rings (SSSR count). The topological polar surface area (TPSA) is 3.24 Å². The van der Waals surface area contributed by atoms with E-state index in [1.807, 2.05) is 0 Å². The Bertz CT molecular complexity index is 2050. The van der Waals surface area contributed by atoms with Crippen LogP contribution in [0.2, 0.25) is 0 Å². The van der Waals surface area contributed by atoms with Crippen molar-refractivity contribution in [3.8, 4) is 22.3 Å². The average Bonchev–Trinajstić information content (AvgIpc) is 3.33. The first-order valence-corrected chi connectivity index (χ1v) is 19.9. The number of benzene rings is 5. The van der Waals surface area contributed by atoms with Gasteiger partial charge < -0.3 is 4.90 Å². The zero-order valence-electron chi connectivity index (χ0n) is 33.9. The Morgan fingerprint density at radius 3 is 1.60 bits per heavy atom. The number of anilines is 3. The summed E-state index contributed by atoms with van der Waals surface area (Å²) in [6.45, 7) is 25.8. The molecule has 1 heteroatoms. The van der Waals surface area contributed by atoms with Crippen molar-refractivity contribution >= 4 is 17.1 Å². The average molecular weight is 688 g/mol. The van der Waals surface area contributed by atoms with E-state index in [2.05, 4.69) is 184 Å². The van der Waals surface area contributed by atoms with Gasteiger partial charge in [0.05, 0.1) is 0 Å². The maximum atomic E-state index is 2.53. The Balaban J connectivity index is 1.44. The van der Waals surface area contributed by atoms with Gasteiger partial charge >= 0.3 is 0 Å². The molecule has 270 valence electrons. The second kappa shape index (κ2) is 13.1. The monoisotopic (exact) mass is 687 g/mol. The fourth-order valence-electron chi connectivity index (χ4n) is 8.61. The lowest BCUT2D eigenvalue weighted by molar-refractivity contribution is 0.443. The Hall–Kier alpha value is -4.10. The van der Waals surface area contributed by atoms with Gasteiger partial charge in [0.25, 0.3) is 0 Å². The molecule has 0 amide bonds. The molecule has 0 spiro atoms. The zero-order chi connectivity index (χ0) is 37.2. The molecule has 1 fully saturated rings. The van der Waals surface area contributed by atoms with E-state index < -0.39 is 0 Å². The van der Waals surface area contributed by atoms with Crippen LogP contribution in [-0.2, 0) is 21.7 Å². The van der Waals surface area contributed by atoms with E-state index in [0.717, 1.165) is 0 Å². The largest absolute Gasteiger partial charge is 0.310 e. The van der Waals surface area contributed by atoms with Gasteiger partial charge in [-0.3, -0.25) is 0 Å². The number of hydrogen-bond donors (Lipinski definition) is 0. The van der Waals surface area contributed by atoms with Crippen molar-refractivity contribution in [2.45, 2.75) is 136 Å². The molecule has 0 heterocycles. The lowest BCUT2D eigenvalue weighted by atomic mass is 9.78. The highest BCUT2D eigenvalue weighted by atomic mass is 15.1. The van der Waals surface area contributed by atoms with Crippen LogP contribution in [0.3, 0.4) is 0 Å². The molecule has 0 saturated heterocycles. The molecule has 0 aromatic heterocycles. The van der Waals surface area contributed by atoms with Crippen molar-refractivity contribution in [3.63, 3.8) is 0 Å². The van der Waals surface area contributed by atoms with Crippen LogP contribution in [0.25, 0.3) is 22.3 Å². The highest BCUT2D eigenvalue weighted by molar-refractivity contribution is 5.87. The minimum Gasteiger partial charge on any atom is -0.310 e. The van der Waals surface area contributed by atoms with Gasteiger partial charge in [0.2, 0.25) is 0 Å². The summed E-state index contributed by atoms with van der Waals surface area (Å²) in [7, 11) is 0. The number of fused-ring (bicyclic) bond motifs is 3. The molecule has 0 unspecified atom stereocenters. The summed E-state index contributed by atoms with van der Waals surface area (Å²) in [4.78, 5) is 2.53. The summed E-state index contributed by atoms with van der Waals surface area (Å²) in [6.07, 6.45) is 6.70. The minimum atomic E-state index is -0.0758. The van der Waals surface area contributed by atoms with Gasteiger partial charge in [-0.2, -0.15) is 0 Å². The molecule has 1 saturated carbocycles. The Kier molecular flexibility index (Phi) is 9.13. The van der Waals surface area contributed by atoms with Gasteiger partial charge in [0, 0.05) is 22.5 Å². The SMILES string of the molecule is CC(C)(C)c1cc(-c2cc(C(C)(C)C)cc(C(C)(C)C)c2)cc(N(c2ccc(C3CCCCC3)cc2)c2ccc3c(c2)C(C)(C)c2ccccc2-3)c1. The zero-order valence-corrected chi connectivity index (χ0v) is 33.9. The third-order valence-corrected chi connectivity index (χ3v) is 12.1. The van der Waals surface area contributed by atoms with E-state index in [-0.39, 0.29) is 21.7 Å². The molecular formula is C51H61N. The summed E-state index contributed by atoms with van der Waals surface area (Å²) in [5.74, 6) is 0.679. The molecule has 0 atom stereocenters. The van der Waals surface area contributed by atoms with Crippen molar-refractivity contribution < 1.29 is 0 Å². The summed E-state index contributed by atoms with van der Waals surface area (Å²) in [5, 5.41) is 0. The highest BCUT2D eigenvalue weighted by Crippen LogP contribution is 2.51. The fourth-order valence-corrected chi connectivity index (χ4v) is 8.61. The van der Waals surface area contributed by atoms with Gasteiger partial charge in [-0.05, 0) is 127 Å². The highest BCUT2D eigenvalue weighted by Gasteiger charge is 2.36. The molecule has 2 aliphatic carbocycles. The second-order valence-corrected chi connectivity index (χ2v) is 19.5. The van der Waals surface area contributed by atoms with E-state index >= 15 is 0 Å². The predicted octanol–water partition coefficient (Wildman–Crippen LogP) is 15.1. The first-order valence-electron chi connectivity index (χ1n) is 19.9. The van der Waals surface area contributed by atoms with Gasteiger partial charge in [0.1, 0.15) is 0 Å². The maximum Gasteiger partial charge on any atom is 0.0470 e. The Morgan fingerprint density at radius 1 is 0.481 bits per heavy atom. The molecule has 52 heavy (non-hydrogen) atoms. The Morgan fingerprint density at radius 2 is 1.00 bits per heavy atom. The molecule has 2 aliphatic rings. The fraction of sp³-hybridized carbons (Fsp3) is 0.412. The van der Waals surface area contributed by atoms with E-state index in [1.165, 1.54) is 105 Å². The normalized spacial score (nSPS) is 16.1. The smallest absolute Gasteiger partial charge is 0.0470 e. The summed E-state index contributed by atoms with van der Waals surface area (Å²) in [5.41, 5.74) is 17.3. The molecular weight excluding hydrogens is 627 g/mol.